The van der Waals surface area contributed by atoms with Gasteiger partial charge in [0.1, 0.15) is 5.78 Å². The van der Waals surface area contributed by atoms with Crippen LogP contribution in [0, 0.1) is 6.92 Å². The Labute approximate surface area is 97.5 Å². The SMILES string of the molecule is CC.CC(=O)CCc1ccc(C)c(NO)c1. The average Bonchev–Trinajstić information content (AvgIpc) is 2.30. The fraction of sp³-hybridized carbons (Fsp3) is 0.462. The van der Waals surface area contributed by atoms with E-state index in [1.54, 1.807) is 6.92 Å². The average molecular weight is 223 g/mol. The van der Waals surface area contributed by atoms with E-state index in [-0.39, 0.29) is 5.78 Å². The third-order valence-electron chi connectivity index (χ3n) is 2.19. The van der Waals surface area contributed by atoms with Crippen LogP contribution in [0.2, 0.25) is 0 Å². The second-order valence-corrected chi connectivity index (χ2v) is 3.46. The zero-order valence-electron chi connectivity index (χ0n) is 10.5. The van der Waals surface area contributed by atoms with Crippen LogP contribution < -0.4 is 5.48 Å². The molecule has 0 aliphatic rings. The molecule has 1 aromatic carbocycles. The third kappa shape index (κ3) is 4.94. The summed E-state index contributed by atoms with van der Waals surface area (Å²) in [6, 6.07) is 5.76. The predicted molar refractivity (Wildman–Crippen MR) is 66.9 cm³/mol. The fourth-order valence-corrected chi connectivity index (χ4v) is 1.27. The second kappa shape index (κ2) is 7.88. The van der Waals surface area contributed by atoms with Gasteiger partial charge in [0.15, 0.2) is 0 Å². The van der Waals surface area contributed by atoms with Gasteiger partial charge in [-0.2, -0.15) is 0 Å². The molecule has 1 rings (SSSR count). The van der Waals surface area contributed by atoms with Gasteiger partial charge in [0.2, 0.25) is 0 Å². The molecule has 0 fully saturated rings. The van der Waals surface area contributed by atoms with E-state index < -0.39 is 0 Å². The van der Waals surface area contributed by atoms with Gasteiger partial charge < -0.3 is 4.79 Å². The maximum atomic E-state index is 10.8. The van der Waals surface area contributed by atoms with E-state index in [0.717, 1.165) is 17.5 Å². The van der Waals surface area contributed by atoms with Crippen LogP contribution in [0.15, 0.2) is 18.2 Å². The molecule has 0 radical (unpaired) electrons. The van der Waals surface area contributed by atoms with Gasteiger partial charge in [-0.05, 0) is 37.5 Å². The van der Waals surface area contributed by atoms with Crippen molar-refractivity contribution in [2.24, 2.45) is 0 Å². The molecule has 0 unspecified atom stereocenters. The number of carbonyl (C=O) groups excluding carboxylic acids is 1. The van der Waals surface area contributed by atoms with E-state index in [1.165, 1.54) is 0 Å². The Morgan fingerprint density at radius 2 is 2.00 bits per heavy atom. The summed E-state index contributed by atoms with van der Waals surface area (Å²) in [6.07, 6.45) is 1.28. The van der Waals surface area contributed by atoms with Gasteiger partial charge >= 0.3 is 0 Å². The number of aryl methyl sites for hydroxylation is 2. The summed E-state index contributed by atoms with van der Waals surface area (Å²) in [6.45, 7) is 7.49. The summed E-state index contributed by atoms with van der Waals surface area (Å²) in [5.41, 5.74) is 4.88. The number of nitrogens with one attached hydrogen (secondary N) is 1. The molecule has 0 atom stereocenters. The van der Waals surface area contributed by atoms with Crippen molar-refractivity contribution in [1.82, 2.24) is 0 Å². The molecule has 3 heteroatoms. The summed E-state index contributed by atoms with van der Waals surface area (Å²) in [5.74, 6) is 0.184. The van der Waals surface area contributed by atoms with Crippen molar-refractivity contribution in [1.29, 1.82) is 0 Å². The van der Waals surface area contributed by atoms with Gasteiger partial charge in [-0.25, -0.2) is 0 Å². The molecule has 0 aliphatic carbocycles. The van der Waals surface area contributed by atoms with Crippen LogP contribution in [-0.4, -0.2) is 11.0 Å². The highest BCUT2D eigenvalue weighted by Crippen LogP contribution is 2.17. The molecule has 0 heterocycles. The highest BCUT2D eigenvalue weighted by Gasteiger charge is 2.00. The second-order valence-electron chi connectivity index (χ2n) is 3.46. The lowest BCUT2D eigenvalue weighted by molar-refractivity contribution is -0.116. The van der Waals surface area contributed by atoms with E-state index >= 15 is 0 Å². The van der Waals surface area contributed by atoms with E-state index in [9.17, 15) is 4.79 Å². The molecular formula is C13H21NO2. The maximum absolute atomic E-state index is 10.8. The Kier molecular flexibility index (Phi) is 7.21. The van der Waals surface area contributed by atoms with Crippen molar-refractivity contribution in [3.05, 3.63) is 29.3 Å². The summed E-state index contributed by atoms with van der Waals surface area (Å²) in [4.78, 5) is 10.8. The number of Topliss-reactive ketones (excluding diaryl/α,β-unsaturated/α-hetero) is 1. The summed E-state index contributed by atoms with van der Waals surface area (Å²) in [7, 11) is 0. The monoisotopic (exact) mass is 223 g/mol. The van der Waals surface area contributed by atoms with Gasteiger partial charge in [0.25, 0.3) is 0 Å². The van der Waals surface area contributed by atoms with Gasteiger partial charge in [-0.3, -0.25) is 10.7 Å². The fourth-order valence-electron chi connectivity index (χ4n) is 1.27. The van der Waals surface area contributed by atoms with Crippen molar-refractivity contribution >= 4 is 11.5 Å². The molecule has 16 heavy (non-hydrogen) atoms. The normalized spacial score (nSPS) is 9.06. The Morgan fingerprint density at radius 3 is 2.50 bits per heavy atom. The third-order valence-corrected chi connectivity index (χ3v) is 2.19. The predicted octanol–water partition coefficient (Wildman–Crippen LogP) is 3.34. The first-order chi connectivity index (χ1) is 7.63. The molecule has 0 aliphatic heterocycles. The lowest BCUT2D eigenvalue weighted by atomic mass is 10.1. The summed E-state index contributed by atoms with van der Waals surface area (Å²) < 4.78 is 0. The largest absolute Gasteiger partial charge is 0.300 e. The molecule has 0 amide bonds. The molecule has 0 spiro atoms. The first-order valence-corrected chi connectivity index (χ1v) is 5.62. The number of benzene rings is 1. The van der Waals surface area contributed by atoms with Crippen molar-refractivity contribution < 1.29 is 10.0 Å². The first-order valence-electron chi connectivity index (χ1n) is 5.62. The lowest BCUT2D eigenvalue weighted by Gasteiger charge is -2.06. The van der Waals surface area contributed by atoms with E-state index in [1.807, 2.05) is 39.0 Å². The van der Waals surface area contributed by atoms with Crippen LogP contribution in [0.3, 0.4) is 0 Å². The minimum atomic E-state index is 0.184. The Morgan fingerprint density at radius 1 is 1.38 bits per heavy atom. The van der Waals surface area contributed by atoms with Crippen molar-refractivity contribution in [3.63, 3.8) is 0 Å². The first kappa shape index (κ1) is 14.6. The molecule has 0 bridgehead atoms. The zero-order chi connectivity index (χ0) is 12.6. The number of carbonyl (C=O) groups is 1. The highest BCUT2D eigenvalue weighted by molar-refractivity contribution is 5.75. The van der Waals surface area contributed by atoms with Gasteiger partial charge in [-0.15, -0.1) is 0 Å². The van der Waals surface area contributed by atoms with Crippen LogP contribution in [0.25, 0.3) is 0 Å². The number of anilines is 1. The molecular weight excluding hydrogens is 202 g/mol. The molecule has 1 aromatic rings. The van der Waals surface area contributed by atoms with Crippen LogP contribution >= 0.6 is 0 Å². The Balaban J connectivity index is 0.00000106. The van der Waals surface area contributed by atoms with Crippen molar-refractivity contribution in [3.8, 4) is 0 Å². The number of rotatable bonds is 4. The van der Waals surface area contributed by atoms with Crippen molar-refractivity contribution in [2.45, 2.75) is 40.5 Å². The van der Waals surface area contributed by atoms with Crippen LogP contribution in [0.1, 0.15) is 38.3 Å². The Hall–Kier alpha value is -1.35. The molecule has 2 N–H and O–H groups in total. The molecule has 0 aromatic heterocycles. The summed E-state index contributed by atoms with van der Waals surface area (Å²) in [5, 5.41) is 8.80. The van der Waals surface area contributed by atoms with Gasteiger partial charge in [0.05, 0.1) is 5.69 Å². The van der Waals surface area contributed by atoms with Gasteiger partial charge in [-0.1, -0.05) is 26.0 Å². The van der Waals surface area contributed by atoms with E-state index in [0.29, 0.717) is 12.1 Å². The molecule has 0 saturated carbocycles. The number of hydrogen-bond acceptors (Lipinski definition) is 3. The number of ketones is 1. The lowest BCUT2D eigenvalue weighted by Crippen LogP contribution is -1.97. The van der Waals surface area contributed by atoms with E-state index in [2.05, 4.69) is 5.48 Å². The minimum Gasteiger partial charge on any atom is -0.300 e. The van der Waals surface area contributed by atoms with Crippen LogP contribution in [0.4, 0.5) is 5.69 Å². The Bertz CT molecular complexity index is 335. The van der Waals surface area contributed by atoms with Gasteiger partial charge in [0, 0.05) is 6.42 Å². The standard InChI is InChI=1S/C11H15NO2.C2H6/c1-8-3-5-10(6-4-9(2)13)7-11(8)12-14;1-2/h3,5,7,12,14H,4,6H2,1-2H3;1-2H3. The maximum Gasteiger partial charge on any atom is 0.130 e. The molecule has 3 nitrogen and oxygen atoms in total. The minimum absolute atomic E-state index is 0.184. The van der Waals surface area contributed by atoms with E-state index in [4.69, 9.17) is 5.21 Å². The molecule has 0 saturated heterocycles. The molecule has 90 valence electrons. The van der Waals surface area contributed by atoms with Crippen molar-refractivity contribution in [2.75, 3.05) is 5.48 Å². The number of hydrogen-bond donors (Lipinski definition) is 2. The van der Waals surface area contributed by atoms with Crippen LogP contribution in [-0.2, 0) is 11.2 Å². The highest BCUT2D eigenvalue weighted by atomic mass is 16.5. The topological polar surface area (TPSA) is 49.3 Å². The smallest absolute Gasteiger partial charge is 0.130 e. The van der Waals surface area contributed by atoms with Crippen LogP contribution in [0.5, 0.6) is 0 Å². The summed E-state index contributed by atoms with van der Waals surface area (Å²) >= 11 is 0. The quantitative estimate of drug-likeness (QED) is 0.770. The zero-order valence-corrected chi connectivity index (χ0v) is 10.5.